The molecule has 0 aliphatic rings. The van der Waals surface area contributed by atoms with E-state index in [1.54, 1.807) is 12.1 Å². The second kappa shape index (κ2) is 5.73. The Morgan fingerprint density at radius 3 is 2.80 bits per heavy atom. The van der Waals surface area contributed by atoms with E-state index in [1.165, 1.54) is 10.9 Å². The topological polar surface area (TPSA) is 72.9 Å². The molecule has 3 N–H and O–H groups in total. The molecule has 0 saturated carbocycles. The SMILES string of the molecule is CCn1ncc(N)c1C(=O)Nc1c(Cl)ccc(C)c1Cl. The third-order valence-electron chi connectivity index (χ3n) is 2.91. The number of carbonyl (C=O) groups is 1. The van der Waals surface area contributed by atoms with Gasteiger partial charge < -0.3 is 11.1 Å². The number of nitrogens with one attached hydrogen (secondary N) is 1. The molecule has 106 valence electrons. The number of aromatic nitrogens is 2. The molecule has 0 saturated heterocycles. The summed E-state index contributed by atoms with van der Waals surface area (Å²) in [5.41, 5.74) is 7.57. The predicted octanol–water partition coefficient (Wildman–Crippen LogP) is 3.35. The number of rotatable bonds is 3. The van der Waals surface area contributed by atoms with E-state index in [1.807, 2.05) is 13.8 Å². The number of hydrogen-bond acceptors (Lipinski definition) is 3. The highest BCUT2D eigenvalue weighted by atomic mass is 35.5. The Kier molecular flexibility index (Phi) is 4.20. The third-order valence-corrected chi connectivity index (χ3v) is 3.71. The van der Waals surface area contributed by atoms with Crippen molar-refractivity contribution in [1.29, 1.82) is 0 Å². The first-order valence-corrected chi connectivity index (χ1v) is 6.78. The number of nitrogens with two attached hydrogens (primary N) is 1. The van der Waals surface area contributed by atoms with E-state index in [9.17, 15) is 4.79 Å². The molecule has 0 atom stereocenters. The Labute approximate surface area is 126 Å². The fourth-order valence-electron chi connectivity index (χ4n) is 1.83. The molecule has 20 heavy (non-hydrogen) atoms. The van der Waals surface area contributed by atoms with Crippen molar-refractivity contribution in [2.24, 2.45) is 0 Å². The number of hydrogen-bond donors (Lipinski definition) is 2. The van der Waals surface area contributed by atoms with Crippen LogP contribution in [-0.2, 0) is 6.54 Å². The minimum absolute atomic E-state index is 0.293. The van der Waals surface area contributed by atoms with Gasteiger partial charge in [-0.15, -0.1) is 0 Å². The normalized spacial score (nSPS) is 10.6. The van der Waals surface area contributed by atoms with Gasteiger partial charge in [0.15, 0.2) is 0 Å². The number of halogens is 2. The van der Waals surface area contributed by atoms with Gasteiger partial charge in [0.25, 0.3) is 5.91 Å². The van der Waals surface area contributed by atoms with Crippen LogP contribution in [0.15, 0.2) is 18.3 Å². The van der Waals surface area contributed by atoms with Crippen LogP contribution in [0, 0.1) is 6.92 Å². The number of anilines is 2. The molecule has 0 aliphatic carbocycles. The summed E-state index contributed by atoms with van der Waals surface area (Å²) in [6.07, 6.45) is 1.44. The lowest BCUT2D eigenvalue weighted by molar-refractivity contribution is 0.101. The van der Waals surface area contributed by atoms with Gasteiger partial charge in [-0.25, -0.2) is 0 Å². The average molecular weight is 313 g/mol. The molecule has 1 aromatic heterocycles. The molecule has 2 rings (SSSR count). The summed E-state index contributed by atoms with van der Waals surface area (Å²) in [6, 6.07) is 3.46. The van der Waals surface area contributed by atoms with Crippen molar-refractivity contribution >= 4 is 40.5 Å². The summed E-state index contributed by atoms with van der Waals surface area (Å²) in [5.74, 6) is -0.392. The Balaban J connectivity index is 2.38. The highest BCUT2D eigenvalue weighted by Gasteiger charge is 2.19. The average Bonchev–Trinajstić information content (AvgIpc) is 2.80. The van der Waals surface area contributed by atoms with Crippen molar-refractivity contribution in [3.05, 3.63) is 39.6 Å². The highest BCUT2D eigenvalue weighted by molar-refractivity contribution is 6.40. The molecule has 1 heterocycles. The van der Waals surface area contributed by atoms with Crippen molar-refractivity contribution in [2.45, 2.75) is 20.4 Å². The van der Waals surface area contributed by atoms with Gasteiger partial charge >= 0.3 is 0 Å². The zero-order chi connectivity index (χ0) is 14.9. The number of benzene rings is 1. The molecule has 0 fully saturated rings. The first-order valence-electron chi connectivity index (χ1n) is 6.03. The number of aryl methyl sites for hydroxylation is 2. The van der Waals surface area contributed by atoms with Gasteiger partial charge in [-0.1, -0.05) is 29.3 Å². The van der Waals surface area contributed by atoms with Gasteiger partial charge in [-0.05, 0) is 25.5 Å². The van der Waals surface area contributed by atoms with Gasteiger partial charge in [0.05, 0.1) is 27.6 Å². The van der Waals surface area contributed by atoms with Crippen molar-refractivity contribution < 1.29 is 4.79 Å². The van der Waals surface area contributed by atoms with Crippen molar-refractivity contribution in [3.8, 4) is 0 Å². The van der Waals surface area contributed by atoms with Gasteiger partial charge in [0, 0.05) is 6.54 Å². The summed E-state index contributed by atoms with van der Waals surface area (Å²) < 4.78 is 1.52. The number of carbonyl (C=O) groups excluding carboxylic acids is 1. The molecule has 0 unspecified atom stereocenters. The van der Waals surface area contributed by atoms with Gasteiger partial charge in [-0.2, -0.15) is 5.10 Å². The van der Waals surface area contributed by atoms with E-state index in [4.69, 9.17) is 28.9 Å². The standard InChI is InChI=1S/C13H14Cl2N4O/c1-3-19-12(9(16)6-17-19)13(20)18-11-8(14)5-4-7(2)10(11)15/h4-6H,3,16H2,1-2H3,(H,18,20). The molecule has 2 aromatic rings. The van der Waals surface area contributed by atoms with E-state index in [0.29, 0.717) is 33.7 Å². The second-order valence-corrected chi connectivity index (χ2v) is 5.06. The molecule has 0 aliphatic heterocycles. The van der Waals surface area contributed by atoms with Crippen LogP contribution in [0.4, 0.5) is 11.4 Å². The molecular weight excluding hydrogens is 299 g/mol. The van der Waals surface area contributed by atoms with Crippen LogP contribution in [0.3, 0.4) is 0 Å². The lowest BCUT2D eigenvalue weighted by atomic mass is 10.2. The molecule has 1 amide bonds. The Hall–Kier alpha value is -1.72. The van der Waals surface area contributed by atoms with Crippen LogP contribution in [-0.4, -0.2) is 15.7 Å². The number of amides is 1. The second-order valence-electron chi connectivity index (χ2n) is 4.27. The van der Waals surface area contributed by atoms with Gasteiger partial charge in [0.1, 0.15) is 5.69 Å². The van der Waals surface area contributed by atoms with Gasteiger partial charge in [-0.3, -0.25) is 9.48 Å². The lowest BCUT2D eigenvalue weighted by Crippen LogP contribution is -2.19. The third kappa shape index (κ3) is 2.59. The maximum Gasteiger partial charge on any atom is 0.276 e. The van der Waals surface area contributed by atoms with Gasteiger partial charge in [0.2, 0.25) is 0 Å². The molecule has 7 heteroatoms. The summed E-state index contributed by atoms with van der Waals surface area (Å²) in [4.78, 5) is 12.3. The van der Waals surface area contributed by atoms with Crippen LogP contribution < -0.4 is 11.1 Å². The quantitative estimate of drug-likeness (QED) is 0.912. The highest BCUT2D eigenvalue weighted by Crippen LogP contribution is 2.33. The molecule has 0 bridgehead atoms. The van der Waals surface area contributed by atoms with E-state index in [0.717, 1.165) is 5.56 Å². The fraction of sp³-hybridized carbons (Fsp3) is 0.231. The Bertz CT molecular complexity index is 667. The minimum atomic E-state index is -0.392. The fourth-order valence-corrected chi connectivity index (χ4v) is 2.30. The maximum absolute atomic E-state index is 12.3. The minimum Gasteiger partial charge on any atom is -0.396 e. The molecule has 5 nitrogen and oxygen atoms in total. The Morgan fingerprint density at radius 2 is 2.15 bits per heavy atom. The van der Waals surface area contributed by atoms with Crippen LogP contribution in [0.2, 0.25) is 10.0 Å². The molecule has 0 spiro atoms. The first-order chi connectivity index (χ1) is 9.45. The largest absolute Gasteiger partial charge is 0.396 e. The Morgan fingerprint density at radius 1 is 1.45 bits per heavy atom. The number of nitrogen functional groups attached to an aromatic ring is 1. The lowest BCUT2D eigenvalue weighted by Gasteiger charge is -2.12. The first kappa shape index (κ1) is 14.7. The van der Waals surface area contributed by atoms with Crippen LogP contribution in [0.5, 0.6) is 0 Å². The maximum atomic E-state index is 12.3. The van der Waals surface area contributed by atoms with Crippen LogP contribution >= 0.6 is 23.2 Å². The summed E-state index contributed by atoms with van der Waals surface area (Å²) >= 11 is 12.2. The smallest absolute Gasteiger partial charge is 0.276 e. The zero-order valence-corrected chi connectivity index (χ0v) is 12.6. The van der Waals surface area contributed by atoms with E-state index in [2.05, 4.69) is 10.4 Å². The van der Waals surface area contributed by atoms with Crippen molar-refractivity contribution in [2.75, 3.05) is 11.1 Å². The van der Waals surface area contributed by atoms with Crippen molar-refractivity contribution in [3.63, 3.8) is 0 Å². The zero-order valence-electron chi connectivity index (χ0n) is 11.1. The van der Waals surface area contributed by atoms with Crippen LogP contribution in [0.25, 0.3) is 0 Å². The molecular formula is C13H14Cl2N4O. The van der Waals surface area contributed by atoms with Crippen molar-refractivity contribution in [1.82, 2.24) is 9.78 Å². The summed E-state index contributed by atoms with van der Waals surface area (Å²) in [6.45, 7) is 4.24. The molecule has 1 aromatic carbocycles. The summed E-state index contributed by atoms with van der Waals surface area (Å²) in [7, 11) is 0. The van der Waals surface area contributed by atoms with E-state index >= 15 is 0 Å². The molecule has 0 radical (unpaired) electrons. The van der Waals surface area contributed by atoms with E-state index in [-0.39, 0.29) is 0 Å². The predicted molar refractivity (Wildman–Crippen MR) is 81.5 cm³/mol. The monoisotopic (exact) mass is 312 g/mol. The van der Waals surface area contributed by atoms with Crippen LogP contribution in [0.1, 0.15) is 23.0 Å². The number of nitrogens with zero attached hydrogens (tertiary/aromatic N) is 2. The van der Waals surface area contributed by atoms with E-state index < -0.39 is 5.91 Å². The summed E-state index contributed by atoms with van der Waals surface area (Å²) in [5, 5.41) is 7.50.